The van der Waals surface area contributed by atoms with Crippen LogP contribution in [-0.2, 0) is 4.79 Å². The van der Waals surface area contributed by atoms with Crippen molar-refractivity contribution >= 4 is 39.1 Å². The second kappa shape index (κ2) is 4.63. The van der Waals surface area contributed by atoms with Crippen molar-refractivity contribution in [3.63, 3.8) is 0 Å². The van der Waals surface area contributed by atoms with Gasteiger partial charge in [0.1, 0.15) is 0 Å². The zero-order chi connectivity index (χ0) is 9.84. The standard InChI is InChI=1S/C9H9BrClNO/c1-6-7(11)3-2-4-8(6)12-9(13)5-10/h2-4H,5H2,1H3,(H,12,13). The Morgan fingerprint density at radius 1 is 1.62 bits per heavy atom. The van der Waals surface area contributed by atoms with E-state index in [9.17, 15) is 4.79 Å². The monoisotopic (exact) mass is 261 g/mol. The lowest BCUT2D eigenvalue weighted by Crippen LogP contribution is -2.13. The van der Waals surface area contributed by atoms with Crippen LogP contribution in [0, 0.1) is 6.92 Å². The third-order valence-corrected chi connectivity index (χ3v) is 2.58. The molecule has 0 spiro atoms. The quantitative estimate of drug-likeness (QED) is 0.816. The fourth-order valence-electron chi connectivity index (χ4n) is 0.926. The Morgan fingerprint density at radius 3 is 2.92 bits per heavy atom. The van der Waals surface area contributed by atoms with Crippen LogP contribution in [0.25, 0.3) is 0 Å². The number of hydrogen-bond acceptors (Lipinski definition) is 1. The Morgan fingerprint density at radius 2 is 2.31 bits per heavy atom. The lowest BCUT2D eigenvalue weighted by Gasteiger charge is -2.07. The number of carbonyl (C=O) groups excluding carboxylic acids is 1. The van der Waals surface area contributed by atoms with Gasteiger partial charge in [-0.25, -0.2) is 0 Å². The van der Waals surface area contributed by atoms with E-state index in [1.165, 1.54) is 0 Å². The molecule has 0 atom stereocenters. The van der Waals surface area contributed by atoms with Gasteiger partial charge >= 0.3 is 0 Å². The minimum absolute atomic E-state index is 0.0784. The van der Waals surface area contributed by atoms with Crippen molar-refractivity contribution in [2.75, 3.05) is 10.6 Å². The maximum absolute atomic E-state index is 11.0. The van der Waals surface area contributed by atoms with Gasteiger partial charge in [-0.3, -0.25) is 4.79 Å². The fourth-order valence-corrected chi connectivity index (χ4v) is 1.24. The first-order valence-electron chi connectivity index (χ1n) is 3.76. The van der Waals surface area contributed by atoms with Crippen molar-refractivity contribution in [3.05, 3.63) is 28.8 Å². The van der Waals surface area contributed by atoms with Gasteiger partial charge in [0.25, 0.3) is 0 Å². The van der Waals surface area contributed by atoms with Crippen LogP contribution >= 0.6 is 27.5 Å². The minimum Gasteiger partial charge on any atom is -0.325 e. The normalized spacial score (nSPS) is 9.77. The highest BCUT2D eigenvalue weighted by molar-refractivity contribution is 9.09. The first-order valence-corrected chi connectivity index (χ1v) is 5.26. The van der Waals surface area contributed by atoms with E-state index in [2.05, 4.69) is 21.2 Å². The number of hydrogen-bond donors (Lipinski definition) is 1. The summed E-state index contributed by atoms with van der Waals surface area (Å²) in [4.78, 5) is 11.0. The summed E-state index contributed by atoms with van der Waals surface area (Å²) in [5, 5.41) is 3.68. The molecule has 1 amide bonds. The number of nitrogens with one attached hydrogen (secondary N) is 1. The Hall–Kier alpha value is -0.540. The van der Waals surface area contributed by atoms with E-state index in [1.54, 1.807) is 12.1 Å². The van der Waals surface area contributed by atoms with Crippen LogP contribution in [-0.4, -0.2) is 11.2 Å². The molecular formula is C9H9BrClNO. The zero-order valence-corrected chi connectivity index (χ0v) is 9.45. The zero-order valence-electron chi connectivity index (χ0n) is 7.10. The van der Waals surface area contributed by atoms with E-state index in [0.29, 0.717) is 10.4 Å². The van der Waals surface area contributed by atoms with Crippen molar-refractivity contribution in [1.29, 1.82) is 0 Å². The van der Waals surface area contributed by atoms with Crippen molar-refractivity contribution in [2.45, 2.75) is 6.92 Å². The largest absolute Gasteiger partial charge is 0.325 e. The van der Waals surface area contributed by atoms with E-state index < -0.39 is 0 Å². The molecule has 0 aromatic heterocycles. The molecule has 0 aliphatic heterocycles. The molecule has 1 rings (SSSR count). The summed E-state index contributed by atoms with van der Waals surface area (Å²) in [6.07, 6.45) is 0. The molecule has 70 valence electrons. The van der Waals surface area contributed by atoms with E-state index in [1.807, 2.05) is 13.0 Å². The average Bonchev–Trinajstić information content (AvgIpc) is 2.13. The number of rotatable bonds is 2. The molecule has 0 aliphatic carbocycles. The summed E-state index contributed by atoms with van der Waals surface area (Å²) in [7, 11) is 0. The van der Waals surface area contributed by atoms with Gasteiger partial charge in [-0.15, -0.1) is 0 Å². The predicted molar refractivity (Wildman–Crippen MR) is 58.6 cm³/mol. The van der Waals surface area contributed by atoms with Gasteiger partial charge in [-0.05, 0) is 24.6 Å². The van der Waals surface area contributed by atoms with Crippen molar-refractivity contribution in [3.8, 4) is 0 Å². The molecule has 0 radical (unpaired) electrons. The predicted octanol–water partition coefficient (Wildman–Crippen LogP) is 2.98. The highest BCUT2D eigenvalue weighted by atomic mass is 79.9. The summed E-state index contributed by atoms with van der Waals surface area (Å²) < 4.78 is 0. The van der Waals surface area contributed by atoms with E-state index in [4.69, 9.17) is 11.6 Å². The van der Waals surface area contributed by atoms with Crippen LogP contribution in [0.3, 0.4) is 0 Å². The van der Waals surface area contributed by atoms with Gasteiger partial charge in [-0.1, -0.05) is 33.6 Å². The number of alkyl halides is 1. The van der Waals surface area contributed by atoms with E-state index >= 15 is 0 Å². The number of carbonyl (C=O) groups is 1. The number of amides is 1. The van der Waals surface area contributed by atoms with Crippen molar-refractivity contribution in [1.82, 2.24) is 0 Å². The lowest BCUT2D eigenvalue weighted by atomic mass is 10.2. The van der Waals surface area contributed by atoms with Gasteiger partial charge in [0.15, 0.2) is 0 Å². The molecule has 4 heteroatoms. The summed E-state index contributed by atoms with van der Waals surface area (Å²) in [6, 6.07) is 5.42. The molecule has 0 unspecified atom stereocenters. The van der Waals surface area contributed by atoms with Gasteiger partial charge in [-0.2, -0.15) is 0 Å². The van der Waals surface area contributed by atoms with Crippen LogP contribution in [0.2, 0.25) is 5.02 Å². The molecule has 0 aliphatic rings. The topological polar surface area (TPSA) is 29.1 Å². The average molecular weight is 263 g/mol. The smallest absolute Gasteiger partial charge is 0.235 e. The molecule has 1 aromatic rings. The van der Waals surface area contributed by atoms with Crippen molar-refractivity contribution < 1.29 is 4.79 Å². The molecule has 0 fully saturated rings. The van der Waals surface area contributed by atoms with E-state index in [-0.39, 0.29) is 5.91 Å². The third kappa shape index (κ3) is 2.71. The number of benzene rings is 1. The van der Waals surface area contributed by atoms with Crippen LogP contribution in [0.5, 0.6) is 0 Å². The molecule has 0 saturated carbocycles. The second-order valence-corrected chi connectivity index (χ2v) is 3.56. The highest BCUT2D eigenvalue weighted by Crippen LogP contribution is 2.22. The van der Waals surface area contributed by atoms with Crippen molar-refractivity contribution in [2.24, 2.45) is 0 Å². The third-order valence-electron chi connectivity index (χ3n) is 1.66. The van der Waals surface area contributed by atoms with Gasteiger partial charge in [0.2, 0.25) is 5.91 Å². The van der Waals surface area contributed by atoms with Gasteiger partial charge < -0.3 is 5.32 Å². The second-order valence-electron chi connectivity index (χ2n) is 2.59. The van der Waals surface area contributed by atoms with Crippen LogP contribution < -0.4 is 5.32 Å². The first-order chi connectivity index (χ1) is 6.15. The maximum atomic E-state index is 11.0. The highest BCUT2D eigenvalue weighted by Gasteiger charge is 2.04. The van der Waals surface area contributed by atoms with Gasteiger partial charge in [0.05, 0.1) is 5.33 Å². The molecule has 0 heterocycles. The Balaban J connectivity index is 2.89. The van der Waals surface area contributed by atoms with Crippen LogP contribution in [0.4, 0.5) is 5.69 Å². The summed E-state index contributed by atoms with van der Waals surface area (Å²) >= 11 is 8.95. The van der Waals surface area contributed by atoms with Crippen LogP contribution in [0.1, 0.15) is 5.56 Å². The Labute approximate surface area is 90.4 Å². The first kappa shape index (κ1) is 10.5. The summed E-state index contributed by atoms with van der Waals surface area (Å²) in [5.74, 6) is -0.0784. The molecule has 1 N–H and O–H groups in total. The molecule has 0 saturated heterocycles. The number of anilines is 1. The summed E-state index contributed by atoms with van der Waals surface area (Å²) in [5.41, 5.74) is 1.65. The van der Waals surface area contributed by atoms with Crippen LogP contribution in [0.15, 0.2) is 18.2 Å². The molecule has 13 heavy (non-hydrogen) atoms. The molecule has 1 aromatic carbocycles. The Bertz CT molecular complexity index is 327. The van der Waals surface area contributed by atoms with Gasteiger partial charge in [0, 0.05) is 10.7 Å². The summed E-state index contributed by atoms with van der Waals surface area (Å²) in [6.45, 7) is 1.87. The Kier molecular flexibility index (Phi) is 3.75. The molecule has 0 bridgehead atoms. The molecule has 2 nitrogen and oxygen atoms in total. The SMILES string of the molecule is Cc1c(Cl)cccc1NC(=O)CBr. The maximum Gasteiger partial charge on any atom is 0.235 e. The minimum atomic E-state index is -0.0784. The van der Waals surface area contributed by atoms with E-state index in [0.717, 1.165) is 11.3 Å². The fraction of sp³-hybridized carbons (Fsp3) is 0.222. The number of halogens is 2. The molecular weight excluding hydrogens is 253 g/mol. The lowest BCUT2D eigenvalue weighted by molar-refractivity contribution is -0.113.